The summed E-state index contributed by atoms with van der Waals surface area (Å²) in [4.78, 5) is 0. The van der Waals surface area contributed by atoms with Crippen molar-refractivity contribution >= 4 is 22.1 Å². The number of hydrogen-bond acceptors (Lipinski definition) is 3. The van der Waals surface area contributed by atoms with Crippen LogP contribution in [-0.4, -0.2) is 5.11 Å². The molecule has 3 nitrogen and oxygen atoms in total. The molecule has 0 radical (unpaired) electrons. The minimum Gasteiger partial charge on any atom is -0.505 e. The lowest BCUT2D eigenvalue weighted by Gasteiger charge is -2.26. The third kappa shape index (κ3) is 3.18. The molecular weight excluding hydrogens is 404 g/mol. The normalized spacial score (nSPS) is 15.3. The maximum Gasteiger partial charge on any atom is 0.146 e. The van der Waals surface area contributed by atoms with E-state index >= 15 is 0 Å². The molecule has 6 rings (SSSR count). The van der Waals surface area contributed by atoms with Gasteiger partial charge in [-0.25, -0.2) is 0 Å². The summed E-state index contributed by atoms with van der Waals surface area (Å²) in [6.45, 7) is 0. The van der Waals surface area contributed by atoms with Gasteiger partial charge in [-0.15, -0.1) is 0 Å². The Hall–Kier alpha value is -3.46. The van der Waals surface area contributed by atoms with Gasteiger partial charge in [0.2, 0.25) is 0 Å². The van der Waals surface area contributed by atoms with Crippen molar-refractivity contribution in [3.8, 4) is 28.0 Å². The van der Waals surface area contributed by atoms with Crippen molar-refractivity contribution in [3.05, 3.63) is 76.9 Å². The zero-order valence-electron chi connectivity index (χ0n) is 19.0. The predicted molar refractivity (Wildman–Crippen MR) is 139 cm³/mol. The molecule has 2 aliphatic carbocycles. The fraction of sp³-hybridized carbons (Fsp3) is 0.267. The van der Waals surface area contributed by atoms with Crippen LogP contribution in [0.15, 0.2) is 54.6 Å². The zero-order chi connectivity index (χ0) is 22.5. The van der Waals surface area contributed by atoms with Crippen molar-refractivity contribution in [1.29, 1.82) is 0 Å². The van der Waals surface area contributed by atoms with Crippen LogP contribution in [0.5, 0.6) is 5.75 Å². The van der Waals surface area contributed by atoms with Crippen LogP contribution in [-0.2, 0) is 25.7 Å². The molecule has 0 bridgehead atoms. The zero-order valence-corrected chi connectivity index (χ0v) is 19.0. The number of phenols is 1. The summed E-state index contributed by atoms with van der Waals surface area (Å²) in [6.07, 6.45) is 8.90. The fourth-order valence-electron chi connectivity index (χ4n) is 6.08. The Labute approximate surface area is 195 Å². The van der Waals surface area contributed by atoms with Gasteiger partial charge in [0.15, 0.2) is 0 Å². The second-order valence-electron chi connectivity index (χ2n) is 9.62. The topological polar surface area (TPSA) is 72.3 Å². The Bertz CT molecular complexity index is 1400. The predicted octanol–water partition coefficient (Wildman–Crippen LogP) is 6.80. The third-order valence-electron chi connectivity index (χ3n) is 7.68. The Kier molecular flexibility index (Phi) is 4.79. The van der Waals surface area contributed by atoms with Crippen molar-refractivity contribution in [1.82, 2.24) is 0 Å². The number of phenolic OH excluding ortho intramolecular Hbond substituents is 1. The maximum atomic E-state index is 11.3. The Morgan fingerprint density at radius 2 is 1.36 bits per heavy atom. The molecule has 0 atom stereocenters. The first-order valence-electron chi connectivity index (χ1n) is 12.2. The van der Waals surface area contributed by atoms with E-state index in [9.17, 15) is 5.11 Å². The first-order chi connectivity index (χ1) is 16.1. The van der Waals surface area contributed by atoms with Gasteiger partial charge < -0.3 is 16.6 Å². The van der Waals surface area contributed by atoms with E-state index in [0.717, 1.165) is 71.7 Å². The summed E-state index contributed by atoms with van der Waals surface area (Å²) in [7, 11) is 0. The maximum absolute atomic E-state index is 11.3. The van der Waals surface area contributed by atoms with Gasteiger partial charge >= 0.3 is 0 Å². The van der Waals surface area contributed by atoms with Gasteiger partial charge in [-0.3, -0.25) is 0 Å². The van der Waals surface area contributed by atoms with Gasteiger partial charge in [0.1, 0.15) is 5.75 Å². The first kappa shape index (κ1) is 20.2. The molecular formula is C30H30N2O. The number of benzene rings is 4. The molecule has 0 fully saturated rings. The van der Waals surface area contributed by atoms with Crippen molar-refractivity contribution in [3.63, 3.8) is 0 Å². The molecule has 5 N–H and O–H groups in total. The van der Waals surface area contributed by atoms with Crippen molar-refractivity contribution in [2.75, 3.05) is 11.5 Å². The Morgan fingerprint density at radius 3 is 2.21 bits per heavy atom. The van der Waals surface area contributed by atoms with Gasteiger partial charge in [0.05, 0.1) is 5.69 Å². The van der Waals surface area contributed by atoms with Gasteiger partial charge in [0.25, 0.3) is 0 Å². The van der Waals surface area contributed by atoms with Crippen molar-refractivity contribution < 1.29 is 5.11 Å². The molecule has 0 heterocycles. The third-order valence-corrected chi connectivity index (χ3v) is 7.68. The molecule has 0 saturated carbocycles. The second kappa shape index (κ2) is 7.84. The monoisotopic (exact) mass is 434 g/mol. The molecule has 0 unspecified atom stereocenters. The molecule has 0 amide bonds. The number of fused-ring (bicyclic) bond motifs is 3. The highest BCUT2D eigenvalue weighted by Crippen LogP contribution is 2.49. The molecule has 0 spiro atoms. The summed E-state index contributed by atoms with van der Waals surface area (Å²) >= 11 is 0. The van der Waals surface area contributed by atoms with Gasteiger partial charge in [-0.1, -0.05) is 42.5 Å². The van der Waals surface area contributed by atoms with E-state index in [1.165, 1.54) is 40.7 Å². The number of rotatable bonds is 2. The molecule has 33 heavy (non-hydrogen) atoms. The summed E-state index contributed by atoms with van der Waals surface area (Å²) < 4.78 is 0. The van der Waals surface area contributed by atoms with Crippen LogP contribution in [0.4, 0.5) is 11.4 Å². The highest BCUT2D eigenvalue weighted by molar-refractivity contribution is 6.10. The number of hydrogen-bond donors (Lipinski definition) is 3. The summed E-state index contributed by atoms with van der Waals surface area (Å²) in [5.41, 5.74) is 23.9. The molecule has 2 aliphatic rings. The SMILES string of the molecule is Nc1cc2c(c(-c3c(N)c(-c4cccc5c4CCCC5)cc4ccccc34)c1O)CCCC2. The average Bonchev–Trinajstić information content (AvgIpc) is 2.85. The molecule has 3 heteroatoms. The highest BCUT2D eigenvalue weighted by Gasteiger charge is 2.25. The highest BCUT2D eigenvalue weighted by atomic mass is 16.3. The van der Waals surface area contributed by atoms with E-state index in [2.05, 4.69) is 42.5 Å². The Morgan fingerprint density at radius 1 is 0.636 bits per heavy atom. The van der Waals surface area contributed by atoms with Crippen LogP contribution in [0.1, 0.15) is 47.9 Å². The molecule has 4 aromatic carbocycles. The molecule has 4 aromatic rings. The fourth-order valence-corrected chi connectivity index (χ4v) is 6.08. The lowest BCUT2D eigenvalue weighted by molar-refractivity contribution is 0.478. The van der Waals surface area contributed by atoms with Gasteiger partial charge in [-0.2, -0.15) is 0 Å². The van der Waals surface area contributed by atoms with Gasteiger partial charge in [-0.05, 0) is 102 Å². The second-order valence-corrected chi connectivity index (χ2v) is 9.62. The van der Waals surface area contributed by atoms with Crippen LogP contribution < -0.4 is 11.5 Å². The van der Waals surface area contributed by atoms with Crippen LogP contribution in [0.2, 0.25) is 0 Å². The lowest BCUT2D eigenvalue weighted by atomic mass is 9.80. The average molecular weight is 435 g/mol. The van der Waals surface area contributed by atoms with E-state index < -0.39 is 0 Å². The number of nitrogens with two attached hydrogens (primary N) is 2. The summed E-state index contributed by atoms with van der Waals surface area (Å²) in [6, 6.07) is 19.2. The molecule has 166 valence electrons. The Balaban J connectivity index is 1.71. The number of aryl methyl sites for hydroxylation is 2. The minimum atomic E-state index is 0.166. The molecule has 0 aliphatic heterocycles. The van der Waals surface area contributed by atoms with E-state index in [0.29, 0.717) is 5.69 Å². The van der Waals surface area contributed by atoms with E-state index in [1.807, 2.05) is 12.1 Å². The van der Waals surface area contributed by atoms with Crippen LogP contribution >= 0.6 is 0 Å². The number of aromatic hydroxyl groups is 1. The van der Waals surface area contributed by atoms with Crippen molar-refractivity contribution in [2.45, 2.75) is 51.4 Å². The van der Waals surface area contributed by atoms with Crippen LogP contribution in [0, 0.1) is 0 Å². The smallest absolute Gasteiger partial charge is 0.146 e. The van der Waals surface area contributed by atoms with E-state index in [4.69, 9.17) is 11.5 Å². The van der Waals surface area contributed by atoms with E-state index in [-0.39, 0.29) is 5.75 Å². The largest absolute Gasteiger partial charge is 0.505 e. The van der Waals surface area contributed by atoms with Crippen LogP contribution in [0.3, 0.4) is 0 Å². The number of anilines is 2. The quantitative estimate of drug-likeness (QED) is 0.240. The standard InChI is InChI=1S/C30H30N2O/c31-26-17-20-10-3-6-14-23(20)28(30(26)33)27-22-13-5-2-9-19(22)16-25(29(27)32)24-15-7-11-18-8-1-4-12-21(18)24/h2,5,7,9,11,13,15-17,33H,1,3-4,6,8,10,12,14,31-32H2. The molecule has 0 saturated heterocycles. The minimum absolute atomic E-state index is 0.166. The first-order valence-corrected chi connectivity index (χ1v) is 12.2. The summed E-state index contributed by atoms with van der Waals surface area (Å²) in [5.74, 6) is 0.166. The van der Waals surface area contributed by atoms with Crippen molar-refractivity contribution in [2.24, 2.45) is 0 Å². The number of nitrogen functional groups attached to an aromatic ring is 2. The van der Waals surface area contributed by atoms with Gasteiger partial charge in [0, 0.05) is 22.4 Å². The summed E-state index contributed by atoms with van der Waals surface area (Å²) in [5, 5.41) is 13.5. The molecule has 0 aromatic heterocycles. The van der Waals surface area contributed by atoms with Crippen LogP contribution in [0.25, 0.3) is 33.0 Å². The lowest BCUT2D eigenvalue weighted by Crippen LogP contribution is -2.09. The van der Waals surface area contributed by atoms with E-state index in [1.54, 1.807) is 0 Å².